The highest BCUT2D eigenvalue weighted by molar-refractivity contribution is 5.80. The predicted octanol–water partition coefficient (Wildman–Crippen LogP) is 3.04. The summed E-state index contributed by atoms with van der Waals surface area (Å²) in [5.41, 5.74) is -0.554. The monoisotopic (exact) mass is 382 g/mol. The van der Waals surface area contributed by atoms with Crippen LogP contribution in [0.5, 0.6) is 17.2 Å². The molecule has 3 rings (SSSR count). The first kappa shape index (κ1) is 18.7. The first-order valence-corrected chi connectivity index (χ1v) is 8.12. The number of fused-ring (bicyclic) bond motifs is 1. The van der Waals surface area contributed by atoms with Gasteiger partial charge in [-0.15, -0.1) is 0 Å². The molecule has 1 heterocycles. The Hall–Kier alpha value is -3.10. The lowest BCUT2D eigenvalue weighted by atomic mass is 10.2. The molecular weight excluding hydrogens is 365 g/mol. The summed E-state index contributed by atoms with van der Waals surface area (Å²) in [6.07, 6.45) is -4.42. The molecule has 1 amide bonds. The minimum Gasteiger partial charge on any atom is -0.492 e. The maximum atomic E-state index is 12.6. The molecule has 144 valence electrons. The second-order valence-electron chi connectivity index (χ2n) is 5.65. The van der Waals surface area contributed by atoms with E-state index < -0.39 is 11.7 Å². The molecule has 0 unspecified atom stereocenters. The lowest BCUT2D eigenvalue weighted by molar-refractivity contribution is -0.137. The fourth-order valence-electron chi connectivity index (χ4n) is 2.38. The lowest BCUT2D eigenvalue weighted by Crippen LogP contribution is -2.33. The molecule has 0 atom stereocenters. The average molecular weight is 382 g/mol. The molecule has 0 fully saturated rings. The summed E-state index contributed by atoms with van der Waals surface area (Å²) in [6.45, 7) is 0.506. The van der Waals surface area contributed by atoms with Gasteiger partial charge in [0, 0.05) is 11.8 Å². The first-order chi connectivity index (χ1) is 12.9. The Morgan fingerprint density at radius 2 is 1.93 bits per heavy atom. The highest BCUT2D eigenvalue weighted by atomic mass is 19.4. The molecule has 2 N–H and O–H groups in total. The van der Waals surface area contributed by atoms with E-state index in [1.165, 1.54) is 12.1 Å². The molecular formula is C18H17F3N2O4. The van der Waals surface area contributed by atoms with E-state index in [0.717, 1.165) is 12.1 Å². The van der Waals surface area contributed by atoms with Gasteiger partial charge in [-0.1, -0.05) is 6.07 Å². The van der Waals surface area contributed by atoms with E-state index in [9.17, 15) is 18.0 Å². The molecule has 0 aliphatic carbocycles. The fraction of sp³-hybridized carbons (Fsp3) is 0.278. The van der Waals surface area contributed by atoms with Gasteiger partial charge < -0.3 is 24.8 Å². The van der Waals surface area contributed by atoms with Crippen molar-refractivity contribution in [1.29, 1.82) is 0 Å². The van der Waals surface area contributed by atoms with Crippen molar-refractivity contribution < 1.29 is 32.2 Å². The van der Waals surface area contributed by atoms with E-state index >= 15 is 0 Å². The number of ether oxygens (including phenoxy) is 3. The van der Waals surface area contributed by atoms with Crippen LogP contribution in [-0.4, -0.2) is 32.4 Å². The number of halogens is 3. The topological polar surface area (TPSA) is 68.8 Å². The van der Waals surface area contributed by atoms with Crippen LogP contribution in [0.3, 0.4) is 0 Å². The average Bonchev–Trinajstić information content (AvgIpc) is 3.11. The molecule has 0 bridgehead atoms. The molecule has 9 heteroatoms. The molecule has 2 aromatic rings. The quantitative estimate of drug-likeness (QED) is 0.721. The predicted molar refractivity (Wildman–Crippen MR) is 91.0 cm³/mol. The summed E-state index contributed by atoms with van der Waals surface area (Å²) in [7, 11) is 0. The molecule has 2 aromatic carbocycles. The molecule has 0 radical (unpaired) electrons. The van der Waals surface area contributed by atoms with Gasteiger partial charge >= 0.3 is 6.18 Å². The van der Waals surface area contributed by atoms with Gasteiger partial charge in [0.2, 0.25) is 12.7 Å². The van der Waals surface area contributed by atoms with Crippen molar-refractivity contribution in [1.82, 2.24) is 5.32 Å². The Labute approximate surface area is 153 Å². The van der Waals surface area contributed by atoms with Crippen LogP contribution in [0.4, 0.5) is 18.9 Å². The van der Waals surface area contributed by atoms with E-state index in [1.54, 1.807) is 18.2 Å². The number of alkyl halides is 3. The molecule has 6 nitrogen and oxygen atoms in total. The van der Waals surface area contributed by atoms with Crippen molar-refractivity contribution in [3.05, 3.63) is 48.0 Å². The van der Waals surface area contributed by atoms with Crippen LogP contribution in [0.25, 0.3) is 0 Å². The van der Waals surface area contributed by atoms with Crippen molar-refractivity contribution in [3.63, 3.8) is 0 Å². The number of amides is 1. The minimum atomic E-state index is -4.42. The van der Waals surface area contributed by atoms with E-state index in [2.05, 4.69) is 10.6 Å². The molecule has 0 aromatic heterocycles. The van der Waals surface area contributed by atoms with Gasteiger partial charge in [0.25, 0.3) is 0 Å². The van der Waals surface area contributed by atoms with Gasteiger partial charge in [0.1, 0.15) is 12.4 Å². The van der Waals surface area contributed by atoms with Gasteiger partial charge in [0.05, 0.1) is 18.7 Å². The Morgan fingerprint density at radius 3 is 2.74 bits per heavy atom. The van der Waals surface area contributed by atoms with E-state index in [0.29, 0.717) is 17.2 Å². The van der Waals surface area contributed by atoms with Crippen LogP contribution in [-0.2, 0) is 11.0 Å². The standard InChI is InChI=1S/C18H17F3N2O4/c19-18(20,21)12-2-1-3-13(8-12)23-10-17(24)22-6-7-25-14-4-5-15-16(9-14)27-11-26-15/h1-5,8-9,23H,6-7,10-11H2,(H,22,24). The molecule has 1 aliphatic heterocycles. The second-order valence-corrected chi connectivity index (χ2v) is 5.65. The van der Waals surface area contributed by atoms with Gasteiger partial charge in [-0.25, -0.2) is 0 Å². The van der Waals surface area contributed by atoms with Crippen LogP contribution in [0.2, 0.25) is 0 Å². The van der Waals surface area contributed by atoms with Crippen molar-refractivity contribution in [3.8, 4) is 17.2 Å². The number of carbonyl (C=O) groups excluding carboxylic acids is 1. The molecule has 0 spiro atoms. The third-order valence-corrected chi connectivity index (χ3v) is 3.68. The zero-order valence-corrected chi connectivity index (χ0v) is 14.1. The zero-order valence-electron chi connectivity index (χ0n) is 14.1. The van der Waals surface area contributed by atoms with Gasteiger partial charge in [-0.05, 0) is 30.3 Å². The number of rotatable bonds is 7. The summed E-state index contributed by atoms with van der Waals surface area (Å²) in [5, 5.41) is 5.28. The maximum Gasteiger partial charge on any atom is 0.416 e. The number of hydrogen-bond acceptors (Lipinski definition) is 5. The van der Waals surface area contributed by atoms with Crippen molar-refractivity contribution >= 4 is 11.6 Å². The Kier molecular flexibility index (Phi) is 5.58. The number of carbonyl (C=O) groups is 1. The zero-order chi connectivity index (χ0) is 19.3. The number of hydrogen-bond donors (Lipinski definition) is 2. The third kappa shape index (κ3) is 5.19. The van der Waals surface area contributed by atoms with Gasteiger partial charge in [-0.2, -0.15) is 13.2 Å². The van der Waals surface area contributed by atoms with Crippen molar-refractivity contribution in [2.75, 3.05) is 31.8 Å². The first-order valence-electron chi connectivity index (χ1n) is 8.12. The summed E-state index contributed by atoms with van der Waals surface area (Å²) < 4.78 is 53.9. The second kappa shape index (κ2) is 8.07. The number of nitrogens with one attached hydrogen (secondary N) is 2. The molecule has 1 aliphatic rings. The lowest BCUT2D eigenvalue weighted by Gasteiger charge is -2.11. The van der Waals surface area contributed by atoms with Crippen LogP contribution < -0.4 is 24.8 Å². The summed E-state index contributed by atoms with van der Waals surface area (Å²) in [4.78, 5) is 11.8. The Bertz CT molecular complexity index is 811. The van der Waals surface area contributed by atoms with Crippen molar-refractivity contribution in [2.45, 2.75) is 6.18 Å². The number of anilines is 1. The van der Waals surface area contributed by atoms with Gasteiger partial charge in [0.15, 0.2) is 11.5 Å². The third-order valence-electron chi connectivity index (χ3n) is 3.68. The maximum absolute atomic E-state index is 12.6. The summed E-state index contributed by atoms with van der Waals surface area (Å²) >= 11 is 0. The van der Waals surface area contributed by atoms with Crippen LogP contribution in [0.15, 0.2) is 42.5 Å². The summed E-state index contributed by atoms with van der Waals surface area (Å²) in [5.74, 6) is 1.47. The molecule has 0 saturated heterocycles. The van der Waals surface area contributed by atoms with E-state index in [-0.39, 0.29) is 38.1 Å². The number of benzene rings is 2. The molecule has 27 heavy (non-hydrogen) atoms. The minimum absolute atomic E-state index is 0.147. The van der Waals surface area contributed by atoms with Crippen molar-refractivity contribution in [2.24, 2.45) is 0 Å². The van der Waals surface area contributed by atoms with Gasteiger partial charge in [-0.3, -0.25) is 4.79 Å². The van der Waals surface area contributed by atoms with E-state index in [1.807, 2.05) is 0 Å². The molecule has 0 saturated carbocycles. The fourth-order valence-corrected chi connectivity index (χ4v) is 2.38. The van der Waals surface area contributed by atoms with E-state index in [4.69, 9.17) is 14.2 Å². The largest absolute Gasteiger partial charge is 0.492 e. The van der Waals surface area contributed by atoms with Crippen LogP contribution >= 0.6 is 0 Å². The van der Waals surface area contributed by atoms with Crippen LogP contribution in [0, 0.1) is 0 Å². The normalized spacial score (nSPS) is 12.6. The highest BCUT2D eigenvalue weighted by Gasteiger charge is 2.30. The summed E-state index contributed by atoms with van der Waals surface area (Å²) in [6, 6.07) is 9.82. The smallest absolute Gasteiger partial charge is 0.416 e. The SMILES string of the molecule is O=C(CNc1cccc(C(F)(F)F)c1)NCCOc1ccc2c(c1)OCO2. The Balaban J connectivity index is 1.38. The Morgan fingerprint density at radius 1 is 1.11 bits per heavy atom. The van der Waals surface area contributed by atoms with Crippen LogP contribution in [0.1, 0.15) is 5.56 Å². The highest BCUT2D eigenvalue weighted by Crippen LogP contribution is 2.35.